The molecule has 2 rings (SSSR count). The summed E-state index contributed by atoms with van der Waals surface area (Å²) in [6.45, 7) is 5.56. The van der Waals surface area contributed by atoms with Crippen molar-refractivity contribution in [3.8, 4) is 0 Å². The number of aryl methyl sites for hydroxylation is 1. The highest BCUT2D eigenvalue weighted by Gasteiger charge is 2.19. The predicted octanol–water partition coefficient (Wildman–Crippen LogP) is 1.49. The summed E-state index contributed by atoms with van der Waals surface area (Å²) >= 11 is 0. The van der Waals surface area contributed by atoms with Crippen molar-refractivity contribution in [2.24, 2.45) is 11.8 Å². The van der Waals surface area contributed by atoms with Crippen molar-refractivity contribution in [3.05, 3.63) is 11.9 Å². The zero-order valence-corrected chi connectivity index (χ0v) is 13.5. The van der Waals surface area contributed by atoms with E-state index in [1.54, 1.807) is 0 Å². The van der Waals surface area contributed by atoms with E-state index in [-0.39, 0.29) is 0 Å². The van der Waals surface area contributed by atoms with Gasteiger partial charge in [-0.15, -0.1) is 0 Å². The average molecular weight is 292 g/mol. The first-order chi connectivity index (χ1) is 10.1. The van der Waals surface area contributed by atoms with Gasteiger partial charge in [0.2, 0.25) is 0 Å². The van der Waals surface area contributed by atoms with Crippen molar-refractivity contribution in [2.45, 2.75) is 32.6 Å². The second-order valence-electron chi connectivity index (χ2n) is 6.05. The maximum atomic E-state index is 5.52. The van der Waals surface area contributed by atoms with Gasteiger partial charge in [-0.05, 0) is 45.3 Å². The van der Waals surface area contributed by atoms with Gasteiger partial charge in [-0.3, -0.25) is 0 Å². The third kappa shape index (κ3) is 4.54. The van der Waals surface area contributed by atoms with Gasteiger partial charge in [-0.1, -0.05) is 6.92 Å². The smallest absolute Gasteiger partial charge is 0.145 e. The number of nitrogen functional groups attached to an aromatic ring is 1. The molecule has 1 aromatic heterocycles. The number of piperidine rings is 1. The molecule has 0 bridgehead atoms. The lowest BCUT2D eigenvalue weighted by atomic mass is 9.97. The minimum Gasteiger partial charge on any atom is -0.359 e. The Kier molecular flexibility index (Phi) is 5.76. The Morgan fingerprint density at radius 3 is 2.71 bits per heavy atom. The number of anilines is 2. The third-order valence-electron chi connectivity index (χ3n) is 4.14. The molecular weight excluding hydrogens is 264 g/mol. The van der Waals surface area contributed by atoms with Crippen molar-refractivity contribution in [1.29, 1.82) is 0 Å². The number of likely N-dealkylation sites (tertiary alicyclic amines) is 1. The van der Waals surface area contributed by atoms with Gasteiger partial charge < -0.3 is 15.2 Å². The molecule has 0 spiro atoms. The highest BCUT2D eigenvalue weighted by molar-refractivity contribution is 5.48. The van der Waals surface area contributed by atoms with E-state index in [0.29, 0.717) is 5.82 Å². The molecule has 0 aliphatic carbocycles. The summed E-state index contributed by atoms with van der Waals surface area (Å²) in [6, 6.07) is 1.92. The van der Waals surface area contributed by atoms with E-state index in [1.807, 2.05) is 6.07 Å². The van der Waals surface area contributed by atoms with Crippen LogP contribution in [0.25, 0.3) is 0 Å². The molecule has 1 fully saturated rings. The van der Waals surface area contributed by atoms with Gasteiger partial charge in [0, 0.05) is 26.1 Å². The molecule has 0 aromatic carbocycles. The summed E-state index contributed by atoms with van der Waals surface area (Å²) in [5, 5.41) is 0. The topological polar surface area (TPSA) is 70.3 Å². The maximum absolute atomic E-state index is 5.52. The van der Waals surface area contributed by atoms with Crippen molar-refractivity contribution >= 4 is 11.6 Å². The number of hydrogen-bond donors (Lipinski definition) is 2. The first-order valence-corrected chi connectivity index (χ1v) is 7.86. The highest BCUT2D eigenvalue weighted by atomic mass is 15.3. The Labute approximate surface area is 127 Å². The summed E-state index contributed by atoms with van der Waals surface area (Å²) in [4.78, 5) is 13.7. The molecule has 1 aliphatic heterocycles. The van der Waals surface area contributed by atoms with E-state index in [1.165, 1.54) is 25.9 Å². The van der Waals surface area contributed by atoms with Crippen LogP contribution < -0.4 is 16.2 Å². The fourth-order valence-corrected chi connectivity index (χ4v) is 2.81. The predicted molar refractivity (Wildman–Crippen MR) is 87.3 cm³/mol. The van der Waals surface area contributed by atoms with Gasteiger partial charge in [-0.2, -0.15) is 0 Å². The number of hydrazine groups is 1. The molecule has 0 atom stereocenters. The van der Waals surface area contributed by atoms with Gasteiger partial charge in [0.15, 0.2) is 0 Å². The normalized spacial score (nSPS) is 17.0. The molecule has 0 saturated carbocycles. The molecule has 118 valence electrons. The van der Waals surface area contributed by atoms with Crippen LogP contribution in [0.1, 0.15) is 32.0 Å². The van der Waals surface area contributed by atoms with E-state index >= 15 is 0 Å². The molecular formula is C15H28N6. The summed E-state index contributed by atoms with van der Waals surface area (Å²) in [5.41, 5.74) is 2.65. The van der Waals surface area contributed by atoms with E-state index in [0.717, 1.165) is 36.9 Å². The van der Waals surface area contributed by atoms with Crippen molar-refractivity contribution in [1.82, 2.24) is 14.9 Å². The van der Waals surface area contributed by atoms with Gasteiger partial charge in [-0.25, -0.2) is 15.8 Å². The molecule has 3 N–H and O–H groups in total. The zero-order chi connectivity index (χ0) is 15.2. The number of nitrogens with one attached hydrogen (secondary N) is 1. The van der Waals surface area contributed by atoms with Crippen LogP contribution in [0.2, 0.25) is 0 Å². The minimum absolute atomic E-state index is 0.693. The highest BCUT2D eigenvalue weighted by Crippen LogP contribution is 2.21. The minimum atomic E-state index is 0.693. The molecule has 1 saturated heterocycles. The van der Waals surface area contributed by atoms with Gasteiger partial charge in [0.05, 0.1) is 0 Å². The second-order valence-corrected chi connectivity index (χ2v) is 6.05. The van der Waals surface area contributed by atoms with Gasteiger partial charge in [0.1, 0.15) is 17.5 Å². The van der Waals surface area contributed by atoms with Crippen LogP contribution in [0, 0.1) is 5.92 Å². The van der Waals surface area contributed by atoms with Crippen LogP contribution in [0.15, 0.2) is 6.07 Å². The Morgan fingerprint density at radius 1 is 1.38 bits per heavy atom. The first-order valence-electron chi connectivity index (χ1n) is 7.86. The Hall–Kier alpha value is -1.40. The molecule has 1 aliphatic rings. The van der Waals surface area contributed by atoms with E-state index < -0.39 is 0 Å². The van der Waals surface area contributed by atoms with E-state index in [2.05, 4.69) is 46.2 Å². The van der Waals surface area contributed by atoms with Crippen LogP contribution in [0.3, 0.4) is 0 Å². The summed E-state index contributed by atoms with van der Waals surface area (Å²) in [6.07, 6.45) is 4.43. The number of aromatic nitrogens is 2. The lowest BCUT2D eigenvalue weighted by Gasteiger charge is -2.32. The zero-order valence-electron chi connectivity index (χ0n) is 13.5. The van der Waals surface area contributed by atoms with Crippen molar-refractivity contribution in [2.75, 3.05) is 44.1 Å². The SMILES string of the molecule is CCCc1nc(NN)cc(N(C)CC2CCN(C)CC2)n1. The standard InChI is InChI=1S/C15H28N6/c1-4-5-13-17-14(19-16)10-15(18-13)21(3)11-12-6-8-20(2)9-7-12/h10,12H,4-9,11,16H2,1-3H3,(H,17,18,19). The van der Waals surface area contributed by atoms with Crippen molar-refractivity contribution in [3.63, 3.8) is 0 Å². The van der Waals surface area contributed by atoms with Gasteiger partial charge >= 0.3 is 0 Å². The first kappa shape index (κ1) is 16.0. The number of nitrogens with two attached hydrogens (primary N) is 1. The number of hydrogen-bond acceptors (Lipinski definition) is 6. The molecule has 0 radical (unpaired) electrons. The Bertz CT molecular complexity index is 442. The summed E-state index contributed by atoms with van der Waals surface area (Å²) in [7, 11) is 4.30. The molecule has 0 amide bonds. The Morgan fingerprint density at radius 2 is 2.10 bits per heavy atom. The molecule has 21 heavy (non-hydrogen) atoms. The van der Waals surface area contributed by atoms with Crippen LogP contribution in [0.5, 0.6) is 0 Å². The van der Waals surface area contributed by atoms with E-state index in [9.17, 15) is 0 Å². The van der Waals surface area contributed by atoms with Crippen LogP contribution in [-0.2, 0) is 6.42 Å². The fourth-order valence-electron chi connectivity index (χ4n) is 2.81. The molecule has 0 unspecified atom stereocenters. The molecule has 2 heterocycles. The average Bonchev–Trinajstić information content (AvgIpc) is 2.49. The van der Waals surface area contributed by atoms with Crippen LogP contribution >= 0.6 is 0 Å². The van der Waals surface area contributed by atoms with Crippen molar-refractivity contribution < 1.29 is 0 Å². The Balaban J connectivity index is 2.03. The maximum Gasteiger partial charge on any atom is 0.145 e. The second kappa shape index (κ2) is 7.56. The number of nitrogens with zero attached hydrogens (tertiary/aromatic N) is 4. The summed E-state index contributed by atoms with van der Waals surface area (Å²) < 4.78 is 0. The summed E-state index contributed by atoms with van der Waals surface area (Å²) in [5.74, 6) is 8.77. The monoisotopic (exact) mass is 292 g/mol. The fraction of sp³-hybridized carbons (Fsp3) is 0.733. The lowest BCUT2D eigenvalue weighted by molar-refractivity contribution is 0.222. The number of rotatable bonds is 6. The molecule has 6 heteroatoms. The van der Waals surface area contributed by atoms with E-state index in [4.69, 9.17) is 5.84 Å². The third-order valence-corrected chi connectivity index (χ3v) is 4.14. The van der Waals surface area contributed by atoms with Gasteiger partial charge in [0.25, 0.3) is 0 Å². The molecule has 1 aromatic rings. The quantitative estimate of drug-likeness (QED) is 0.611. The van der Waals surface area contributed by atoms with Crippen LogP contribution in [-0.4, -0.2) is 48.6 Å². The lowest BCUT2D eigenvalue weighted by Crippen LogP contribution is -2.36. The largest absolute Gasteiger partial charge is 0.359 e. The van der Waals surface area contributed by atoms with Crippen LogP contribution in [0.4, 0.5) is 11.6 Å². The molecule has 6 nitrogen and oxygen atoms in total.